The molecular formula is C64H110O6. The first-order valence-electron chi connectivity index (χ1n) is 29.7. The number of carbonyl (C=O) groups excluding carboxylic acids is 3. The van der Waals surface area contributed by atoms with Gasteiger partial charge in [-0.15, -0.1) is 0 Å². The summed E-state index contributed by atoms with van der Waals surface area (Å²) in [6.07, 6.45) is 75.8. The average molecular weight is 976 g/mol. The Labute approximate surface area is 433 Å². The van der Waals surface area contributed by atoms with Crippen LogP contribution in [0, 0.1) is 0 Å². The maximum Gasteiger partial charge on any atom is 0.306 e. The van der Waals surface area contributed by atoms with Gasteiger partial charge in [0.1, 0.15) is 13.2 Å². The second-order valence-electron chi connectivity index (χ2n) is 19.6. The molecule has 0 saturated heterocycles. The summed E-state index contributed by atoms with van der Waals surface area (Å²) in [5.74, 6) is -0.944. The number of allylic oxidation sites excluding steroid dienone is 14. The molecule has 6 heteroatoms. The zero-order chi connectivity index (χ0) is 50.7. The van der Waals surface area contributed by atoms with E-state index in [0.717, 1.165) is 83.5 Å². The predicted molar refractivity (Wildman–Crippen MR) is 302 cm³/mol. The fraction of sp³-hybridized carbons (Fsp3) is 0.734. The molecule has 1 atom stereocenters. The second-order valence-corrected chi connectivity index (χ2v) is 19.6. The van der Waals surface area contributed by atoms with Gasteiger partial charge in [-0.1, -0.05) is 260 Å². The van der Waals surface area contributed by atoms with E-state index in [9.17, 15) is 14.4 Å². The summed E-state index contributed by atoms with van der Waals surface area (Å²) >= 11 is 0. The molecule has 0 aromatic carbocycles. The molecule has 0 amide bonds. The van der Waals surface area contributed by atoms with Crippen LogP contribution in [0.3, 0.4) is 0 Å². The highest BCUT2D eigenvalue weighted by atomic mass is 16.6. The van der Waals surface area contributed by atoms with Gasteiger partial charge in [0.05, 0.1) is 0 Å². The van der Waals surface area contributed by atoms with E-state index in [1.54, 1.807) is 0 Å². The fourth-order valence-corrected chi connectivity index (χ4v) is 8.28. The summed E-state index contributed by atoms with van der Waals surface area (Å²) in [6, 6.07) is 0. The van der Waals surface area contributed by atoms with Gasteiger partial charge in [-0.3, -0.25) is 14.4 Å². The first kappa shape index (κ1) is 66.6. The van der Waals surface area contributed by atoms with Crippen molar-refractivity contribution < 1.29 is 28.6 Å². The minimum Gasteiger partial charge on any atom is -0.462 e. The zero-order valence-corrected chi connectivity index (χ0v) is 46.0. The Morgan fingerprint density at radius 3 is 0.929 bits per heavy atom. The Hall–Kier alpha value is -3.41. The van der Waals surface area contributed by atoms with Gasteiger partial charge in [0.2, 0.25) is 0 Å². The van der Waals surface area contributed by atoms with Crippen molar-refractivity contribution >= 4 is 17.9 Å². The molecule has 0 bridgehead atoms. The fourth-order valence-electron chi connectivity index (χ4n) is 8.28. The van der Waals surface area contributed by atoms with Gasteiger partial charge in [-0.05, 0) is 89.9 Å². The lowest BCUT2D eigenvalue weighted by molar-refractivity contribution is -0.167. The Morgan fingerprint density at radius 2 is 0.571 bits per heavy atom. The Kier molecular flexibility index (Phi) is 55.3. The van der Waals surface area contributed by atoms with Crippen LogP contribution in [0.5, 0.6) is 0 Å². The van der Waals surface area contributed by atoms with Crippen LogP contribution in [0.4, 0.5) is 0 Å². The summed E-state index contributed by atoms with van der Waals surface area (Å²) in [6.45, 7) is 6.47. The smallest absolute Gasteiger partial charge is 0.306 e. The van der Waals surface area contributed by atoms with E-state index in [4.69, 9.17) is 14.2 Å². The topological polar surface area (TPSA) is 78.9 Å². The third-order valence-electron chi connectivity index (χ3n) is 12.7. The number of ether oxygens (including phenoxy) is 3. The molecule has 0 saturated carbocycles. The molecule has 0 aliphatic heterocycles. The molecule has 0 N–H and O–H groups in total. The van der Waals surface area contributed by atoms with Crippen LogP contribution in [0.1, 0.15) is 284 Å². The van der Waals surface area contributed by atoms with Crippen molar-refractivity contribution in [1.82, 2.24) is 0 Å². The molecule has 0 aromatic rings. The van der Waals surface area contributed by atoms with Gasteiger partial charge in [0, 0.05) is 19.3 Å². The van der Waals surface area contributed by atoms with E-state index in [1.165, 1.54) is 161 Å². The normalized spacial score (nSPS) is 12.7. The third-order valence-corrected chi connectivity index (χ3v) is 12.7. The molecule has 0 fully saturated rings. The molecule has 0 radical (unpaired) electrons. The molecule has 0 aromatic heterocycles. The van der Waals surface area contributed by atoms with Gasteiger partial charge >= 0.3 is 17.9 Å². The van der Waals surface area contributed by atoms with Crippen molar-refractivity contribution in [2.45, 2.75) is 290 Å². The quantitative estimate of drug-likeness (QED) is 0.0199. The number of unbranched alkanes of at least 4 members (excludes halogenated alkanes) is 32. The molecule has 0 aliphatic rings. The molecule has 402 valence electrons. The van der Waals surface area contributed by atoms with E-state index < -0.39 is 6.10 Å². The Bertz CT molecular complexity index is 1350. The second kappa shape index (κ2) is 58.2. The molecule has 0 aliphatic carbocycles. The van der Waals surface area contributed by atoms with E-state index in [0.29, 0.717) is 19.3 Å². The molecule has 0 rings (SSSR count). The van der Waals surface area contributed by atoms with E-state index >= 15 is 0 Å². The van der Waals surface area contributed by atoms with Gasteiger partial charge in [-0.2, -0.15) is 0 Å². The van der Waals surface area contributed by atoms with E-state index in [2.05, 4.69) is 57.2 Å². The van der Waals surface area contributed by atoms with Crippen LogP contribution in [0.25, 0.3) is 0 Å². The lowest BCUT2D eigenvalue weighted by atomic mass is 10.1. The summed E-state index contributed by atoms with van der Waals surface area (Å²) in [5, 5.41) is 0. The standard InChI is InChI=1S/C64H110O6/c1-4-7-10-13-16-19-22-25-28-30-32-34-36-39-42-45-48-51-54-57-63(66)69-60-61(59-68-62(65)56-53-50-47-44-41-38-35-27-24-21-18-15-12-9-6-3)70-64(67)58-55-52-49-46-43-40-37-33-31-29-26-23-20-17-14-11-8-5-2/h9,12,15,18,21,24,27,30,32-33,35,37-38,41,61H,4-8,10-11,13-14,16-17,19-20,22-23,25-26,28-29,31,34,36,39-40,42-60H2,1-3H3/b12-9-,18-15-,24-21-,32-30-,35-27-,37-33-,41-38-. The molecule has 6 nitrogen and oxygen atoms in total. The summed E-state index contributed by atoms with van der Waals surface area (Å²) in [4.78, 5) is 38.2. The van der Waals surface area contributed by atoms with Crippen molar-refractivity contribution in [3.8, 4) is 0 Å². The molecule has 0 spiro atoms. The largest absolute Gasteiger partial charge is 0.462 e. The minimum atomic E-state index is -0.801. The molecule has 0 heterocycles. The highest BCUT2D eigenvalue weighted by molar-refractivity contribution is 5.71. The number of rotatable bonds is 53. The van der Waals surface area contributed by atoms with Crippen molar-refractivity contribution in [2.75, 3.05) is 13.2 Å². The Balaban J connectivity index is 4.44. The maximum absolute atomic E-state index is 12.9. The highest BCUT2D eigenvalue weighted by Crippen LogP contribution is 2.15. The van der Waals surface area contributed by atoms with Crippen molar-refractivity contribution in [3.05, 3.63) is 85.1 Å². The van der Waals surface area contributed by atoms with Gasteiger partial charge in [0.25, 0.3) is 0 Å². The van der Waals surface area contributed by atoms with Crippen LogP contribution in [-0.2, 0) is 28.6 Å². The summed E-state index contributed by atoms with van der Waals surface area (Å²) in [5.41, 5.74) is 0. The van der Waals surface area contributed by atoms with Crippen LogP contribution in [-0.4, -0.2) is 37.2 Å². The minimum absolute atomic E-state index is 0.0956. The van der Waals surface area contributed by atoms with Gasteiger partial charge in [-0.25, -0.2) is 0 Å². The first-order valence-corrected chi connectivity index (χ1v) is 29.7. The Morgan fingerprint density at radius 1 is 0.300 bits per heavy atom. The van der Waals surface area contributed by atoms with E-state index in [-0.39, 0.29) is 31.1 Å². The lowest BCUT2D eigenvalue weighted by Gasteiger charge is -2.18. The lowest BCUT2D eigenvalue weighted by Crippen LogP contribution is -2.30. The van der Waals surface area contributed by atoms with Crippen molar-refractivity contribution in [2.24, 2.45) is 0 Å². The maximum atomic E-state index is 12.9. The monoisotopic (exact) mass is 975 g/mol. The molecule has 70 heavy (non-hydrogen) atoms. The highest BCUT2D eigenvalue weighted by Gasteiger charge is 2.19. The van der Waals surface area contributed by atoms with Gasteiger partial charge < -0.3 is 14.2 Å². The van der Waals surface area contributed by atoms with Crippen molar-refractivity contribution in [3.63, 3.8) is 0 Å². The number of carbonyl (C=O) groups is 3. The molecular weight excluding hydrogens is 865 g/mol. The predicted octanol–water partition coefficient (Wildman–Crippen LogP) is 19.9. The number of hydrogen-bond donors (Lipinski definition) is 0. The number of hydrogen-bond acceptors (Lipinski definition) is 6. The van der Waals surface area contributed by atoms with Crippen LogP contribution < -0.4 is 0 Å². The van der Waals surface area contributed by atoms with Crippen LogP contribution >= 0.6 is 0 Å². The van der Waals surface area contributed by atoms with Crippen LogP contribution in [0.15, 0.2) is 85.1 Å². The van der Waals surface area contributed by atoms with Gasteiger partial charge in [0.15, 0.2) is 6.10 Å². The SMILES string of the molecule is CC\C=C/C=C\C=C/C=C\C=C/CCCCCC(=O)OCC(COC(=O)CCCCCCCCC/C=C\CCCCCCCCCC)OC(=O)CCCCCCC/C=C\CCCCCCCCCCC. The average Bonchev–Trinajstić information content (AvgIpc) is 3.36. The van der Waals surface area contributed by atoms with Crippen LogP contribution in [0.2, 0.25) is 0 Å². The number of esters is 3. The third kappa shape index (κ3) is 55.5. The summed E-state index contributed by atoms with van der Waals surface area (Å²) in [7, 11) is 0. The van der Waals surface area contributed by atoms with Crippen molar-refractivity contribution in [1.29, 1.82) is 0 Å². The van der Waals surface area contributed by atoms with E-state index in [1.807, 2.05) is 48.6 Å². The first-order chi connectivity index (χ1) is 34.5. The molecule has 1 unspecified atom stereocenters. The summed E-state index contributed by atoms with van der Waals surface area (Å²) < 4.78 is 16.8. The zero-order valence-electron chi connectivity index (χ0n) is 46.0.